The van der Waals surface area contributed by atoms with E-state index in [1.165, 1.54) is 4.90 Å². The van der Waals surface area contributed by atoms with Gasteiger partial charge < -0.3 is 26.0 Å². The summed E-state index contributed by atoms with van der Waals surface area (Å²) in [4.78, 5) is 42.1. The molecular weight excluding hydrogens is 384 g/mol. The second-order valence-corrected chi connectivity index (χ2v) is 8.39. The average Bonchev–Trinajstić information content (AvgIpc) is 3.34. The molecule has 0 unspecified atom stereocenters. The van der Waals surface area contributed by atoms with E-state index in [0.717, 1.165) is 16.5 Å². The molecule has 1 fully saturated rings. The molecular formula is C22H30N4O4. The van der Waals surface area contributed by atoms with E-state index >= 15 is 0 Å². The number of aliphatic carboxylic acids is 1. The van der Waals surface area contributed by atoms with Gasteiger partial charge in [0, 0.05) is 30.1 Å². The molecule has 30 heavy (non-hydrogen) atoms. The number of amides is 2. The quantitative estimate of drug-likeness (QED) is 0.522. The maximum absolute atomic E-state index is 13.3. The molecule has 2 amide bonds. The van der Waals surface area contributed by atoms with Gasteiger partial charge in [-0.25, -0.2) is 4.79 Å². The van der Waals surface area contributed by atoms with Crippen LogP contribution in [0.25, 0.3) is 10.9 Å². The van der Waals surface area contributed by atoms with Crippen molar-refractivity contribution in [1.82, 2.24) is 15.2 Å². The number of nitrogens with zero attached hydrogens (tertiary/aromatic N) is 1. The van der Waals surface area contributed by atoms with E-state index in [-0.39, 0.29) is 18.2 Å². The van der Waals surface area contributed by atoms with Crippen molar-refractivity contribution in [2.45, 2.75) is 57.7 Å². The zero-order valence-corrected chi connectivity index (χ0v) is 17.4. The first-order valence-electron chi connectivity index (χ1n) is 10.4. The lowest BCUT2D eigenvalue weighted by molar-refractivity contribution is -0.149. The first-order chi connectivity index (χ1) is 14.3. The summed E-state index contributed by atoms with van der Waals surface area (Å²) in [5.74, 6) is -1.55. The maximum Gasteiger partial charge on any atom is 0.326 e. The molecule has 0 bridgehead atoms. The number of carboxylic acid groups (broad SMARTS) is 1. The number of carbonyl (C=O) groups is 3. The molecule has 3 rings (SSSR count). The molecule has 2 aromatic rings. The van der Waals surface area contributed by atoms with Gasteiger partial charge in [0.1, 0.15) is 12.1 Å². The van der Waals surface area contributed by atoms with Crippen LogP contribution in [-0.4, -0.2) is 57.4 Å². The zero-order chi connectivity index (χ0) is 21.8. The molecule has 1 aliphatic rings. The van der Waals surface area contributed by atoms with Gasteiger partial charge in [-0.05, 0) is 36.8 Å². The number of rotatable bonds is 8. The fourth-order valence-corrected chi connectivity index (χ4v) is 4.10. The molecule has 0 saturated carbocycles. The Morgan fingerprint density at radius 1 is 1.30 bits per heavy atom. The van der Waals surface area contributed by atoms with Crippen molar-refractivity contribution in [3.8, 4) is 0 Å². The number of hydrogen-bond acceptors (Lipinski definition) is 4. The van der Waals surface area contributed by atoms with Gasteiger partial charge in [0.05, 0.1) is 6.04 Å². The molecule has 0 spiro atoms. The Morgan fingerprint density at radius 2 is 2.03 bits per heavy atom. The van der Waals surface area contributed by atoms with Crippen molar-refractivity contribution in [3.63, 3.8) is 0 Å². The number of nitrogens with two attached hydrogens (primary N) is 1. The van der Waals surface area contributed by atoms with Crippen LogP contribution in [0.2, 0.25) is 0 Å². The lowest BCUT2D eigenvalue weighted by Gasteiger charge is -2.28. The summed E-state index contributed by atoms with van der Waals surface area (Å²) in [5.41, 5.74) is 7.84. The average molecular weight is 415 g/mol. The third-order valence-electron chi connectivity index (χ3n) is 5.60. The van der Waals surface area contributed by atoms with Gasteiger partial charge in [0.15, 0.2) is 0 Å². The Bertz CT molecular complexity index is 923. The van der Waals surface area contributed by atoms with Crippen LogP contribution < -0.4 is 11.1 Å². The number of fused-ring (bicyclic) bond motifs is 1. The first-order valence-corrected chi connectivity index (χ1v) is 10.4. The second-order valence-electron chi connectivity index (χ2n) is 8.39. The minimum atomic E-state index is -1.02. The Balaban J connectivity index is 1.85. The Kier molecular flexibility index (Phi) is 6.77. The van der Waals surface area contributed by atoms with E-state index in [1.54, 1.807) is 0 Å². The van der Waals surface area contributed by atoms with Crippen LogP contribution in [0.4, 0.5) is 0 Å². The summed E-state index contributed by atoms with van der Waals surface area (Å²) in [7, 11) is 0. The third-order valence-corrected chi connectivity index (χ3v) is 5.60. The topological polar surface area (TPSA) is 129 Å². The number of aromatic nitrogens is 1. The van der Waals surface area contributed by atoms with Crippen LogP contribution in [0.15, 0.2) is 30.5 Å². The van der Waals surface area contributed by atoms with Crippen molar-refractivity contribution < 1.29 is 19.5 Å². The van der Waals surface area contributed by atoms with Crippen LogP contribution in [0.3, 0.4) is 0 Å². The normalized spacial score (nSPS) is 18.5. The summed E-state index contributed by atoms with van der Waals surface area (Å²) in [6, 6.07) is 5.25. The Hall–Kier alpha value is -2.87. The van der Waals surface area contributed by atoms with Gasteiger partial charge in [0.25, 0.3) is 0 Å². The number of benzene rings is 1. The number of hydrogen-bond donors (Lipinski definition) is 4. The summed E-state index contributed by atoms with van der Waals surface area (Å²) in [6.45, 7) is 4.32. The van der Waals surface area contributed by atoms with Crippen LogP contribution in [0.1, 0.15) is 38.7 Å². The molecule has 3 atom stereocenters. The van der Waals surface area contributed by atoms with E-state index < -0.39 is 30.0 Å². The van der Waals surface area contributed by atoms with Gasteiger partial charge in [-0.1, -0.05) is 32.0 Å². The van der Waals surface area contributed by atoms with E-state index in [2.05, 4.69) is 10.3 Å². The molecule has 8 nitrogen and oxygen atoms in total. The highest BCUT2D eigenvalue weighted by molar-refractivity contribution is 5.93. The van der Waals surface area contributed by atoms with Gasteiger partial charge in [-0.3, -0.25) is 9.59 Å². The molecule has 8 heteroatoms. The molecule has 2 heterocycles. The van der Waals surface area contributed by atoms with Crippen LogP contribution in [0, 0.1) is 5.92 Å². The number of carbonyl (C=O) groups excluding carboxylic acids is 2. The summed E-state index contributed by atoms with van der Waals surface area (Å²) >= 11 is 0. The highest BCUT2D eigenvalue weighted by atomic mass is 16.4. The number of aromatic amines is 1. The van der Waals surface area contributed by atoms with Crippen molar-refractivity contribution in [1.29, 1.82) is 0 Å². The molecule has 1 aromatic heterocycles. The van der Waals surface area contributed by atoms with E-state index in [1.807, 2.05) is 44.3 Å². The van der Waals surface area contributed by atoms with Gasteiger partial charge >= 0.3 is 5.97 Å². The highest BCUT2D eigenvalue weighted by Crippen LogP contribution is 2.23. The van der Waals surface area contributed by atoms with E-state index in [0.29, 0.717) is 25.8 Å². The zero-order valence-electron chi connectivity index (χ0n) is 17.4. The van der Waals surface area contributed by atoms with Crippen LogP contribution in [-0.2, 0) is 20.8 Å². The molecule has 1 saturated heterocycles. The molecule has 0 aliphatic carbocycles. The predicted octanol–water partition coefficient (Wildman–Crippen LogP) is 1.64. The van der Waals surface area contributed by atoms with E-state index in [4.69, 9.17) is 5.73 Å². The van der Waals surface area contributed by atoms with Gasteiger partial charge in [-0.2, -0.15) is 0 Å². The summed E-state index contributed by atoms with van der Waals surface area (Å²) in [6.07, 6.45) is 3.63. The number of nitrogens with one attached hydrogen (secondary N) is 2. The lowest BCUT2D eigenvalue weighted by Crippen LogP contribution is -2.55. The SMILES string of the molecule is CC(C)C[C@H](N)C(=O)N[C@@H](Cc1c[nH]c2ccccc12)C(=O)N1CCC[C@H]1C(=O)O. The number of carboxylic acids is 1. The summed E-state index contributed by atoms with van der Waals surface area (Å²) in [5, 5.41) is 13.2. The van der Waals surface area contributed by atoms with Crippen molar-refractivity contribution in [3.05, 3.63) is 36.0 Å². The Labute approximate surface area is 175 Å². The smallest absolute Gasteiger partial charge is 0.326 e. The minimum absolute atomic E-state index is 0.239. The van der Waals surface area contributed by atoms with Crippen LogP contribution in [0.5, 0.6) is 0 Å². The Morgan fingerprint density at radius 3 is 2.73 bits per heavy atom. The van der Waals surface area contributed by atoms with Crippen molar-refractivity contribution in [2.75, 3.05) is 6.54 Å². The molecule has 162 valence electrons. The third kappa shape index (κ3) is 4.81. The minimum Gasteiger partial charge on any atom is -0.480 e. The molecule has 1 aromatic carbocycles. The number of H-pyrrole nitrogens is 1. The van der Waals surface area contributed by atoms with Gasteiger partial charge in [-0.15, -0.1) is 0 Å². The van der Waals surface area contributed by atoms with Crippen LogP contribution >= 0.6 is 0 Å². The monoisotopic (exact) mass is 414 g/mol. The largest absolute Gasteiger partial charge is 0.480 e. The molecule has 1 aliphatic heterocycles. The second kappa shape index (κ2) is 9.30. The predicted molar refractivity (Wildman–Crippen MR) is 114 cm³/mol. The van der Waals surface area contributed by atoms with E-state index in [9.17, 15) is 19.5 Å². The van der Waals surface area contributed by atoms with Crippen molar-refractivity contribution in [2.24, 2.45) is 11.7 Å². The summed E-state index contributed by atoms with van der Waals surface area (Å²) < 4.78 is 0. The lowest BCUT2D eigenvalue weighted by atomic mass is 10.0. The number of likely N-dealkylation sites (tertiary alicyclic amines) is 1. The fraction of sp³-hybridized carbons (Fsp3) is 0.500. The number of para-hydroxylation sites is 1. The molecule has 0 radical (unpaired) electrons. The highest BCUT2D eigenvalue weighted by Gasteiger charge is 2.38. The standard InChI is InChI=1S/C22H30N4O4/c1-13(2)10-16(23)20(27)25-18(21(28)26-9-5-8-19(26)22(29)30)11-14-12-24-17-7-4-3-6-15(14)17/h3-4,6-7,12-13,16,18-19,24H,5,8-11,23H2,1-2H3,(H,25,27)(H,29,30)/t16-,18-,19-/m0/s1. The fourth-order valence-electron chi connectivity index (χ4n) is 4.10. The first kappa shape index (κ1) is 21.8. The maximum atomic E-state index is 13.3. The molecule has 5 N–H and O–H groups in total. The van der Waals surface area contributed by atoms with Crippen molar-refractivity contribution >= 4 is 28.7 Å². The van der Waals surface area contributed by atoms with Gasteiger partial charge in [0.2, 0.25) is 11.8 Å².